The van der Waals surface area contributed by atoms with E-state index in [9.17, 15) is 0 Å². The minimum absolute atomic E-state index is 0.345. The van der Waals surface area contributed by atoms with E-state index in [-0.39, 0.29) is 0 Å². The molecule has 8 nitrogen and oxygen atoms in total. The van der Waals surface area contributed by atoms with E-state index in [1.807, 2.05) is 12.3 Å². The smallest absolute Gasteiger partial charge is 0.232 e. The maximum absolute atomic E-state index is 5.26. The van der Waals surface area contributed by atoms with Crippen molar-refractivity contribution in [2.24, 2.45) is 0 Å². The summed E-state index contributed by atoms with van der Waals surface area (Å²) in [5.41, 5.74) is 0. The first-order valence-corrected chi connectivity index (χ1v) is 8.95. The van der Waals surface area contributed by atoms with Gasteiger partial charge in [-0.15, -0.1) is 0 Å². The van der Waals surface area contributed by atoms with Gasteiger partial charge in [-0.3, -0.25) is 0 Å². The first-order valence-electron chi connectivity index (χ1n) is 8.95. The van der Waals surface area contributed by atoms with Crippen LogP contribution < -0.4 is 19.3 Å². The van der Waals surface area contributed by atoms with Crippen molar-refractivity contribution in [2.75, 3.05) is 44.2 Å². The summed E-state index contributed by atoms with van der Waals surface area (Å²) in [6.07, 6.45) is 5.30. The number of hydrogen-bond acceptors (Lipinski definition) is 8. The molecule has 26 heavy (non-hydrogen) atoms. The van der Waals surface area contributed by atoms with Crippen molar-refractivity contribution in [3.05, 3.63) is 24.2 Å². The maximum Gasteiger partial charge on any atom is 0.232 e. The number of hydrogen-bond donors (Lipinski definition) is 0. The third-order valence-corrected chi connectivity index (χ3v) is 5.04. The maximum atomic E-state index is 5.26. The van der Waals surface area contributed by atoms with E-state index in [1.165, 1.54) is 12.8 Å². The molecule has 4 rings (SSSR count). The number of ether oxygens (including phenoxy) is 2. The Kier molecular flexibility index (Phi) is 4.48. The highest BCUT2D eigenvalue weighted by molar-refractivity contribution is 5.43. The lowest BCUT2D eigenvalue weighted by Gasteiger charge is -2.26. The van der Waals surface area contributed by atoms with E-state index in [0.717, 1.165) is 31.2 Å². The second-order valence-corrected chi connectivity index (χ2v) is 6.80. The van der Waals surface area contributed by atoms with Gasteiger partial charge < -0.3 is 19.3 Å². The Morgan fingerprint density at radius 2 is 1.81 bits per heavy atom. The van der Waals surface area contributed by atoms with Crippen LogP contribution in [0.1, 0.15) is 31.0 Å². The van der Waals surface area contributed by atoms with Crippen LogP contribution in [0.5, 0.6) is 11.8 Å². The van der Waals surface area contributed by atoms with Gasteiger partial charge in [0.25, 0.3) is 0 Å². The van der Waals surface area contributed by atoms with Crippen LogP contribution in [-0.2, 0) is 0 Å². The molecule has 3 heterocycles. The van der Waals surface area contributed by atoms with Gasteiger partial charge in [0.15, 0.2) is 0 Å². The fourth-order valence-corrected chi connectivity index (χ4v) is 3.27. The number of likely N-dealkylation sites (N-methyl/N-ethyl adjacent to an activating group) is 1. The topological polar surface area (TPSA) is 76.5 Å². The molecular formula is C18H24N6O2. The second-order valence-electron chi connectivity index (χ2n) is 6.80. The zero-order valence-electron chi connectivity index (χ0n) is 15.4. The minimum atomic E-state index is 0.345. The van der Waals surface area contributed by atoms with E-state index in [2.05, 4.69) is 31.8 Å². The first kappa shape index (κ1) is 16.8. The normalized spacial score (nSPS) is 19.5. The Hall–Kier alpha value is -2.64. The van der Waals surface area contributed by atoms with Gasteiger partial charge in [0, 0.05) is 38.3 Å². The van der Waals surface area contributed by atoms with Gasteiger partial charge >= 0.3 is 0 Å². The molecule has 1 atom stereocenters. The third kappa shape index (κ3) is 3.36. The average Bonchev–Trinajstić information content (AvgIpc) is 3.43. The summed E-state index contributed by atoms with van der Waals surface area (Å²) < 4.78 is 10.5. The highest BCUT2D eigenvalue weighted by atomic mass is 16.5. The number of anilines is 2. The van der Waals surface area contributed by atoms with Crippen LogP contribution in [-0.4, -0.2) is 60.3 Å². The molecule has 1 saturated carbocycles. The van der Waals surface area contributed by atoms with Crippen molar-refractivity contribution < 1.29 is 9.47 Å². The van der Waals surface area contributed by atoms with Gasteiger partial charge in [-0.05, 0) is 25.3 Å². The number of aromatic nitrogens is 4. The molecule has 0 bridgehead atoms. The molecule has 8 heteroatoms. The van der Waals surface area contributed by atoms with Crippen molar-refractivity contribution >= 4 is 11.8 Å². The van der Waals surface area contributed by atoms with Crippen LogP contribution in [0.15, 0.2) is 18.3 Å². The molecule has 1 unspecified atom stereocenters. The molecule has 2 aliphatic rings. The van der Waals surface area contributed by atoms with Gasteiger partial charge in [-0.2, -0.15) is 9.97 Å². The molecule has 2 fully saturated rings. The Bertz CT molecular complexity index is 760. The van der Waals surface area contributed by atoms with Gasteiger partial charge in [0.05, 0.1) is 20.3 Å². The highest BCUT2D eigenvalue weighted by Crippen LogP contribution is 2.38. The molecule has 0 spiro atoms. The molecule has 2 aromatic heterocycles. The Morgan fingerprint density at radius 1 is 1.08 bits per heavy atom. The van der Waals surface area contributed by atoms with E-state index in [0.29, 0.717) is 29.7 Å². The standard InChI is InChI=1S/C18H24N6O2/c1-23(14-6-8-19-17(20-14)12-4-5-12)13-7-9-24(11-13)18-21-15(25-2)10-16(22-18)26-3/h6,8,10,12-13H,4-5,7,9,11H2,1-3H3. The number of nitrogens with zero attached hydrogens (tertiary/aromatic N) is 6. The molecule has 1 saturated heterocycles. The predicted molar refractivity (Wildman–Crippen MR) is 98.2 cm³/mol. The van der Waals surface area contributed by atoms with Gasteiger partial charge in [-0.25, -0.2) is 9.97 Å². The molecular weight excluding hydrogens is 332 g/mol. The van der Waals surface area contributed by atoms with E-state index in [1.54, 1.807) is 20.3 Å². The van der Waals surface area contributed by atoms with Crippen LogP contribution in [0.2, 0.25) is 0 Å². The number of rotatable bonds is 6. The van der Waals surface area contributed by atoms with Gasteiger partial charge in [0.1, 0.15) is 11.6 Å². The minimum Gasteiger partial charge on any atom is -0.481 e. The Balaban J connectivity index is 1.48. The lowest BCUT2D eigenvalue weighted by atomic mass is 10.2. The lowest BCUT2D eigenvalue weighted by molar-refractivity contribution is 0.372. The summed E-state index contributed by atoms with van der Waals surface area (Å²) in [6, 6.07) is 4.01. The van der Waals surface area contributed by atoms with Gasteiger partial charge in [0.2, 0.25) is 17.7 Å². The summed E-state index contributed by atoms with van der Waals surface area (Å²) in [6.45, 7) is 1.71. The van der Waals surface area contributed by atoms with Crippen molar-refractivity contribution in [2.45, 2.75) is 31.2 Å². The molecule has 0 N–H and O–H groups in total. The summed E-state index contributed by atoms with van der Waals surface area (Å²) >= 11 is 0. The third-order valence-electron chi connectivity index (χ3n) is 5.04. The predicted octanol–water partition coefficient (Wildman–Crippen LogP) is 1.88. The zero-order chi connectivity index (χ0) is 18.1. The average molecular weight is 356 g/mol. The number of methoxy groups -OCH3 is 2. The van der Waals surface area contributed by atoms with Crippen LogP contribution in [0.3, 0.4) is 0 Å². The summed E-state index contributed by atoms with van der Waals surface area (Å²) in [5, 5.41) is 0. The van der Waals surface area contributed by atoms with Crippen LogP contribution in [0, 0.1) is 0 Å². The fraction of sp³-hybridized carbons (Fsp3) is 0.556. The van der Waals surface area contributed by atoms with Crippen LogP contribution >= 0.6 is 0 Å². The lowest BCUT2D eigenvalue weighted by Crippen LogP contribution is -2.35. The van der Waals surface area contributed by atoms with E-state index in [4.69, 9.17) is 14.5 Å². The van der Waals surface area contributed by atoms with Crippen molar-refractivity contribution in [1.29, 1.82) is 0 Å². The molecule has 1 aliphatic heterocycles. The monoisotopic (exact) mass is 356 g/mol. The molecule has 0 aromatic carbocycles. The quantitative estimate of drug-likeness (QED) is 0.776. The first-order chi connectivity index (χ1) is 12.7. The van der Waals surface area contributed by atoms with Gasteiger partial charge in [-0.1, -0.05) is 0 Å². The highest BCUT2D eigenvalue weighted by Gasteiger charge is 2.30. The van der Waals surface area contributed by atoms with Crippen molar-refractivity contribution in [1.82, 2.24) is 19.9 Å². The van der Waals surface area contributed by atoms with Crippen LogP contribution in [0.4, 0.5) is 11.8 Å². The van der Waals surface area contributed by atoms with E-state index < -0.39 is 0 Å². The van der Waals surface area contributed by atoms with Crippen LogP contribution in [0.25, 0.3) is 0 Å². The fourth-order valence-electron chi connectivity index (χ4n) is 3.27. The molecule has 0 amide bonds. The van der Waals surface area contributed by atoms with Crippen molar-refractivity contribution in [3.8, 4) is 11.8 Å². The Morgan fingerprint density at radius 3 is 2.46 bits per heavy atom. The zero-order valence-corrected chi connectivity index (χ0v) is 15.4. The largest absolute Gasteiger partial charge is 0.481 e. The second kappa shape index (κ2) is 6.93. The van der Waals surface area contributed by atoms with E-state index >= 15 is 0 Å². The van der Waals surface area contributed by atoms with Crippen molar-refractivity contribution in [3.63, 3.8) is 0 Å². The molecule has 1 aliphatic carbocycles. The summed E-state index contributed by atoms with van der Waals surface area (Å²) in [7, 11) is 5.29. The summed E-state index contributed by atoms with van der Waals surface area (Å²) in [5.74, 6) is 4.17. The molecule has 2 aromatic rings. The SMILES string of the molecule is COc1cc(OC)nc(N2CCC(N(C)c3ccnc(C4CC4)n3)C2)n1. The molecule has 138 valence electrons. The summed E-state index contributed by atoms with van der Waals surface area (Å²) in [4.78, 5) is 22.5. The Labute approximate surface area is 153 Å². The molecule has 0 radical (unpaired) electrons.